The van der Waals surface area contributed by atoms with Crippen LogP contribution in [0.4, 0.5) is 0 Å². The van der Waals surface area contributed by atoms with Gasteiger partial charge in [-0.25, -0.2) is 0 Å². The Balaban J connectivity index is 2.57. The summed E-state index contributed by atoms with van der Waals surface area (Å²) in [5.74, 6) is -0.819. The van der Waals surface area contributed by atoms with E-state index in [1.807, 2.05) is 6.92 Å². The fourth-order valence-corrected chi connectivity index (χ4v) is 1.65. The molecule has 1 aliphatic rings. The molecular formula is C8H15NO3. The average molecular weight is 173 g/mol. The van der Waals surface area contributed by atoms with Crippen molar-refractivity contribution in [3.63, 3.8) is 0 Å². The van der Waals surface area contributed by atoms with Gasteiger partial charge >= 0.3 is 5.97 Å². The number of carboxylic acids is 1. The maximum Gasteiger partial charge on any atom is 0.320 e. The topological polar surface area (TPSA) is 60.8 Å². The number of aliphatic carboxylic acids is 1. The Hall–Kier alpha value is -0.610. The second-order valence-corrected chi connectivity index (χ2v) is 3.12. The Morgan fingerprint density at radius 3 is 2.92 bits per heavy atom. The Kier molecular flexibility index (Phi) is 3.05. The molecule has 0 saturated carbocycles. The first-order valence-electron chi connectivity index (χ1n) is 4.33. The number of aliphatic hydroxyl groups is 1. The molecule has 12 heavy (non-hydrogen) atoms. The molecule has 0 bridgehead atoms. The molecule has 0 spiro atoms. The van der Waals surface area contributed by atoms with Crippen LogP contribution in [0.3, 0.4) is 0 Å². The average Bonchev–Trinajstić information content (AvgIpc) is 2.50. The van der Waals surface area contributed by atoms with Crippen molar-refractivity contribution in [1.82, 2.24) is 4.90 Å². The standard InChI is InChI=1S/C8H15NO3/c1-2-7(10)9-5-3-4-6(9)8(11)12/h6-7,10H,2-5H2,1H3,(H,11,12). The number of aliphatic hydroxyl groups excluding tert-OH is 1. The van der Waals surface area contributed by atoms with Crippen LogP contribution in [0.25, 0.3) is 0 Å². The molecular weight excluding hydrogens is 158 g/mol. The summed E-state index contributed by atoms with van der Waals surface area (Å²) in [6.45, 7) is 2.55. The summed E-state index contributed by atoms with van der Waals surface area (Å²) in [5, 5.41) is 18.2. The summed E-state index contributed by atoms with van der Waals surface area (Å²) in [4.78, 5) is 12.3. The van der Waals surface area contributed by atoms with Gasteiger partial charge < -0.3 is 10.2 Å². The quantitative estimate of drug-likeness (QED) is 0.643. The van der Waals surface area contributed by atoms with Gasteiger partial charge in [0.1, 0.15) is 12.3 Å². The molecule has 0 radical (unpaired) electrons. The zero-order valence-corrected chi connectivity index (χ0v) is 7.23. The van der Waals surface area contributed by atoms with Gasteiger partial charge in [-0.2, -0.15) is 0 Å². The molecule has 1 saturated heterocycles. The highest BCUT2D eigenvalue weighted by molar-refractivity contribution is 5.73. The van der Waals surface area contributed by atoms with E-state index in [1.54, 1.807) is 4.90 Å². The molecule has 0 amide bonds. The van der Waals surface area contributed by atoms with E-state index in [1.165, 1.54) is 0 Å². The Morgan fingerprint density at radius 2 is 2.42 bits per heavy atom. The molecule has 1 rings (SSSR count). The second kappa shape index (κ2) is 3.87. The number of hydrogen-bond acceptors (Lipinski definition) is 3. The van der Waals surface area contributed by atoms with Gasteiger partial charge in [0.2, 0.25) is 0 Å². The van der Waals surface area contributed by atoms with Crippen LogP contribution in [0.2, 0.25) is 0 Å². The number of rotatable bonds is 3. The molecule has 2 atom stereocenters. The van der Waals surface area contributed by atoms with E-state index < -0.39 is 18.2 Å². The number of nitrogens with zero attached hydrogens (tertiary/aromatic N) is 1. The highest BCUT2D eigenvalue weighted by Gasteiger charge is 2.33. The zero-order chi connectivity index (χ0) is 9.14. The second-order valence-electron chi connectivity index (χ2n) is 3.12. The highest BCUT2D eigenvalue weighted by atomic mass is 16.4. The first-order valence-corrected chi connectivity index (χ1v) is 4.33. The molecule has 4 heteroatoms. The smallest absolute Gasteiger partial charge is 0.320 e. The van der Waals surface area contributed by atoms with E-state index in [2.05, 4.69) is 0 Å². The van der Waals surface area contributed by atoms with E-state index in [0.29, 0.717) is 19.4 Å². The van der Waals surface area contributed by atoms with E-state index in [-0.39, 0.29) is 0 Å². The summed E-state index contributed by atoms with van der Waals surface area (Å²) < 4.78 is 0. The van der Waals surface area contributed by atoms with E-state index >= 15 is 0 Å². The van der Waals surface area contributed by atoms with Gasteiger partial charge in [0.05, 0.1) is 0 Å². The minimum absolute atomic E-state index is 0.472. The van der Waals surface area contributed by atoms with Crippen molar-refractivity contribution in [2.75, 3.05) is 6.54 Å². The van der Waals surface area contributed by atoms with Crippen LogP contribution in [0.1, 0.15) is 26.2 Å². The third kappa shape index (κ3) is 1.76. The molecule has 4 nitrogen and oxygen atoms in total. The van der Waals surface area contributed by atoms with E-state index in [9.17, 15) is 9.90 Å². The lowest BCUT2D eigenvalue weighted by molar-refractivity contribution is -0.146. The van der Waals surface area contributed by atoms with Crippen molar-refractivity contribution in [1.29, 1.82) is 0 Å². The molecule has 0 aromatic rings. The minimum Gasteiger partial charge on any atom is -0.480 e. The lowest BCUT2D eigenvalue weighted by Crippen LogP contribution is -2.42. The predicted octanol–water partition coefficient (Wildman–Crippen LogP) is 0.264. The number of carboxylic acid groups (broad SMARTS) is 1. The van der Waals surface area contributed by atoms with Crippen LogP contribution in [0, 0.1) is 0 Å². The maximum absolute atomic E-state index is 10.7. The number of hydrogen-bond donors (Lipinski definition) is 2. The fourth-order valence-electron chi connectivity index (χ4n) is 1.65. The predicted molar refractivity (Wildman–Crippen MR) is 43.7 cm³/mol. The number of likely N-dealkylation sites (tertiary alicyclic amines) is 1. The first kappa shape index (κ1) is 9.48. The molecule has 0 aromatic heterocycles. The van der Waals surface area contributed by atoms with Crippen molar-refractivity contribution in [2.24, 2.45) is 0 Å². The van der Waals surface area contributed by atoms with Crippen LogP contribution < -0.4 is 0 Å². The minimum atomic E-state index is -0.819. The van der Waals surface area contributed by atoms with Gasteiger partial charge in [-0.05, 0) is 19.3 Å². The van der Waals surface area contributed by atoms with E-state index in [0.717, 1.165) is 6.42 Å². The Morgan fingerprint density at radius 1 is 1.75 bits per heavy atom. The largest absolute Gasteiger partial charge is 0.480 e. The van der Waals surface area contributed by atoms with Crippen LogP contribution >= 0.6 is 0 Å². The van der Waals surface area contributed by atoms with Crippen molar-refractivity contribution in [3.8, 4) is 0 Å². The highest BCUT2D eigenvalue weighted by Crippen LogP contribution is 2.20. The van der Waals surface area contributed by atoms with Crippen LogP contribution in [0.15, 0.2) is 0 Å². The fraction of sp³-hybridized carbons (Fsp3) is 0.875. The summed E-state index contributed by atoms with van der Waals surface area (Å²) >= 11 is 0. The molecule has 2 unspecified atom stereocenters. The molecule has 2 N–H and O–H groups in total. The zero-order valence-electron chi connectivity index (χ0n) is 7.23. The molecule has 0 aliphatic carbocycles. The van der Waals surface area contributed by atoms with Gasteiger partial charge in [0, 0.05) is 6.54 Å². The monoisotopic (exact) mass is 173 g/mol. The van der Waals surface area contributed by atoms with Gasteiger partial charge in [0.25, 0.3) is 0 Å². The van der Waals surface area contributed by atoms with Crippen molar-refractivity contribution in [3.05, 3.63) is 0 Å². The third-order valence-corrected chi connectivity index (χ3v) is 2.33. The maximum atomic E-state index is 10.7. The molecule has 1 heterocycles. The molecule has 1 aliphatic heterocycles. The van der Waals surface area contributed by atoms with Crippen LogP contribution in [-0.4, -0.2) is 39.9 Å². The molecule has 1 fully saturated rings. The van der Waals surface area contributed by atoms with E-state index in [4.69, 9.17) is 5.11 Å². The van der Waals surface area contributed by atoms with Gasteiger partial charge in [-0.15, -0.1) is 0 Å². The summed E-state index contributed by atoms with van der Waals surface area (Å²) in [5.41, 5.74) is 0. The van der Waals surface area contributed by atoms with Gasteiger partial charge in [0.15, 0.2) is 0 Å². The number of carbonyl (C=O) groups is 1. The van der Waals surface area contributed by atoms with Crippen molar-refractivity contribution in [2.45, 2.75) is 38.5 Å². The SMILES string of the molecule is CCC(O)N1CCCC1C(=O)O. The van der Waals surface area contributed by atoms with Crippen LogP contribution in [0.5, 0.6) is 0 Å². The molecule has 70 valence electrons. The Labute approximate surface area is 71.8 Å². The van der Waals surface area contributed by atoms with Crippen molar-refractivity contribution < 1.29 is 15.0 Å². The van der Waals surface area contributed by atoms with Crippen LogP contribution in [-0.2, 0) is 4.79 Å². The van der Waals surface area contributed by atoms with Gasteiger partial charge in [-0.1, -0.05) is 6.92 Å². The lowest BCUT2D eigenvalue weighted by atomic mass is 10.2. The third-order valence-electron chi connectivity index (χ3n) is 2.33. The normalized spacial score (nSPS) is 27.3. The summed E-state index contributed by atoms with van der Waals surface area (Å²) in [7, 11) is 0. The lowest BCUT2D eigenvalue weighted by Gasteiger charge is -2.25. The van der Waals surface area contributed by atoms with Crippen molar-refractivity contribution >= 4 is 5.97 Å². The summed E-state index contributed by atoms with van der Waals surface area (Å²) in [6.07, 6.45) is 1.53. The van der Waals surface area contributed by atoms with Gasteiger partial charge in [-0.3, -0.25) is 9.69 Å². The molecule has 0 aromatic carbocycles. The Bertz CT molecular complexity index is 172. The first-order chi connectivity index (χ1) is 5.66. The summed E-state index contributed by atoms with van der Waals surface area (Å²) in [6, 6.07) is -0.472.